The van der Waals surface area contributed by atoms with Crippen molar-refractivity contribution in [2.45, 2.75) is 33.2 Å². The molecule has 0 fully saturated rings. The van der Waals surface area contributed by atoms with Gasteiger partial charge in [-0.3, -0.25) is 15.0 Å². The highest BCUT2D eigenvalue weighted by Crippen LogP contribution is 2.15. The molecule has 1 aromatic rings. The second-order valence-electron chi connectivity index (χ2n) is 5.27. The molecule has 0 bridgehead atoms. The zero-order valence-corrected chi connectivity index (χ0v) is 11.7. The predicted octanol–water partition coefficient (Wildman–Crippen LogP) is 1.90. The number of amides is 2. The van der Waals surface area contributed by atoms with E-state index >= 15 is 0 Å². The van der Waals surface area contributed by atoms with E-state index in [0.29, 0.717) is 5.56 Å². The highest BCUT2D eigenvalue weighted by Gasteiger charge is 2.28. The van der Waals surface area contributed by atoms with Crippen molar-refractivity contribution in [3.05, 3.63) is 35.4 Å². The average Bonchev–Trinajstić information content (AvgIpc) is 2.33. The molecule has 0 unspecified atom stereocenters. The molecule has 1 N–H and O–H groups in total. The minimum absolute atomic E-state index is 0.292. The van der Waals surface area contributed by atoms with Gasteiger partial charge >= 0.3 is 5.91 Å². The van der Waals surface area contributed by atoms with Crippen LogP contribution in [0.4, 0.5) is 0 Å². The minimum atomic E-state index is -0.643. The van der Waals surface area contributed by atoms with E-state index in [0.717, 1.165) is 5.56 Å². The van der Waals surface area contributed by atoms with Gasteiger partial charge in [-0.25, -0.2) is 5.01 Å². The molecule has 4 nitrogen and oxygen atoms in total. The largest absolute Gasteiger partial charge is 0.314 e. The zero-order chi connectivity index (χ0) is 14.6. The second kappa shape index (κ2) is 5.57. The lowest BCUT2D eigenvalue weighted by Gasteiger charge is -2.34. The smallest absolute Gasteiger partial charge is 0.267 e. The summed E-state index contributed by atoms with van der Waals surface area (Å²) >= 11 is 0. The summed E-state index contributed by atoms with van der Waals surface area (Å²) in [5.41, 5.74) is 3.34. The third-order valence-electron chi connectivity index (χ3n) is 2.48. The second-order valence-corrected chi connectivity index (χ2v) is 5.27. The third kappa shape index (κ3) is 3.85. The van der Waals surface area contributed by atoms with E-state index < -0.39 is 11.4 Å². The Labute approximate surface area is 113 Å². The summed E-state index contributed by atoms with van der Waals surface area (Å²) in [7, 11) is 0. The number of hydrogen-bond donors (Lipinski definition) is 1. The molecular formula is C15H18N2O2. The van der Waals surface area contributed by atoms with E-state index in [2.05, 4.69) is 5.43 Å². The molecule has 0 aliphatic heterocycles. The molecule has 0 saturated heterocycles. The highest BCUT2D eigenvalue weighted by molar-refractivity contribution is 5.99. The van der Waals surface area contributed by atoms with E-state index in [1.54, 1.807) is 18.2 Å². The molecule has 4 heteroatoms. The molecule has 0 saturated carbocycles. The topological polar surface area (TPSA) is 49.4 Å². The standard InChI is InChI=1S/C15H18N2O2/c1-6-13(18)16-17(15(3,4)5)14(19)12-9-7-8-11(2)10-12/h1,7-10H,2-5H3,(H,16,18). The molecule has 19 heavy (non-hydrogen) atoms. The number of carbonyl (C=O) groups excluding carboxylic acids is 2. The van der Waals surface area contributed by atoms with Crippen LogP contribution in [0.2, 0.25) is 0 Å². The first-order valence-corrected chi connectivity index (χ1v) is 5.94. The molecule has 0 spiro atoms. The summed E-state index contributed by atoms with van der Waals surface area (Å²) in [5.74, 6) is 1.01. The van der Waals surface area contributed by atoms with Crippen molar-refractivity contribution in [3.8, 4) is 12.3 Å². The molecule has 1 rings (SSSR count). The normalized spacial score (nSPS) is 10.5. The number of hydrogen-bond acceptors (Lipinski definition) is 2. The van der Waals surface area contributed by atoms with Crippen LogP contribution in [-0.2, 0) is 4.79 Å². The Bertz CT molecular complexity index is 536. The molecule has 2 amide bonds. The van der Waals surface area contributed by atoms with Crippen molar-refractivity contribution in [2.24, 2.45) is 0 Å². The first kappa shape index (κ1) is 14.8. The SMILES string of the molecule is C#CC(=O)NN(C(=O)c1cccc(C)c1)C(C)(C)C. The summed E-state index contributed by atoms with van der Waals surface area (Å²) in [6.07, 6.45) is 5.03. The molecule has 1 aromatic carbocycles. The van der Waals surface area contributed by atoms with Crippen LogP contribution in [0.15, 0.2) is 24.3 Å². The Morgan fingerprint density at radius 2 is 1.95 bits per heavy atom. The van der Waals surface area contributed by atoms with Gasteiger partial charge in [0.05, 0.1) is 5.54 Å². The van der Waals surface area contributed by atoms with Gasteiger partial charge in [0, 0.05) is 5.56 Å². The lowest BCUT2D eigenvalue weighted by molar-refractivity contribution is -0.121. The quantitative estimate of drug-likeness (QED) is 0.618. The fourth-order valence-electron chi connectivity index (χ4n) is 1.56. The number of hydrazine groups is 1. The Morgan fingerprint density at radius 3 is 2.42 bits per heavy atom. The molecule has 0 radical (unpaired) electrons. The van der Waals surface area contributed by atoms with Crippen molar-refractivity contribution in [3.63, 3.8) is 0 Å². The average molecular weight is 258 g/mol. The van der Waals surface area contributed by atoms with Crippen molar-refractivity contribution in [1.29, 1.82) is 0 Å². The van der Waals surface area contributed by atoms with Crippen molar-refractivity contribution >= 4 is 11.8 Å². The molecular weight excluding hydrogens is 240 g/mol. The van der Waals surface area contributed by atoms with Crippen LogP contribution in [0, 0.1) is 19.3 Å². The first-order valence-electron chi connectivity index (χ1n) is 5.94. The minimum Gasteiger partial charge on any atom is -0.267 e. The fraction of sp³-hybridized carbons (Fsp3) is 0.333. The van der Waals surface area contributed by atoms with E-state index in [9.17, 15) is 9.59 Å². The number of rotatable bonds is 1. The third-order valence-corrected chi connectivity index (χ3v) is 2.48. The van der Waals surface area contributed by atoms with E-state index in [1.807, 2.05) is 39.7 Å². The summed E-state index contributed by atoms with van der Waals surface area (Å²) in [6.45, 7) is 7.35. The number of nitrogens with zero attached hydrogens (tertiary/aromatic N) is 1. The molecule has 0 aromatic heterocycles. The van der Waals surface area contributed by atoms with Gasteiger partial charge in [0.25, 0.3) is 5.91 Å². The Kier molecular flexibility index (Phi) is 4.34. The number of carbonyl (C=O) groups is 2. The maximum atomic E-state index is 12.4. The maximum absolute atomic E-state index is 12.4. The van der Waals surface area contributed by atoms with Gasteiger partial charge in [-0.15, -0.1) is 6.42 Å². The molecule has 0 atom stereocenters. The molecule has 0 heterocycles. The van der Waals surface area contributed by atoms with Crippen molar-refractivity contribution < 1.29 is 9.59 Å². The van der Waals surface area contributed by atoms with Crippen LogP contribution in [0.1, 0.15) is 36.7 Å². The van der Waals surface area contributed by atoms with Gasteiger partial charge in [0.15, 0.2) is 0 Å². The zero-order valence-electron chi connectivity index (χ0n) is 11.7. The monoisotopic (exact) mass is 258 g/mol. The number of nitrogens with one attached hydrogen (secondary N) is 1. The fourth-order valence-corrected chi connectivity index (χ4v) is 1.56. The van der Waals surface area contributed by atoms with Crippen molar-refractivity contribution in [2.75, 3.05) is 0 Å². The van der Waals surface area contributed by atoms with Crippen molar-refractivity contribution in [1.82, 2.24) is 10.4 Å². The maximum Gasteiger partial charge on any atom is 0.314 e. The Balaban J connectivity index is 3.09. The lowest BCUT2D eigenvalue weighted by Crippen LogP contribution is -2.55. The number of benzene rings is 1. The highest BCUT2D eigenvalue weighted by atomic mass is 16.2. The van der Waals surface area contributed by atoms with Gasteiger partial charge in [-0.2, -0.15) is 0 Å². The van der Waals surface area contributed by atoms with Gasteiger partial charge in [-0.05, 0) is 45.7 Å². The number of aryl methyl sites for hydroxylation is 1. The summed E-state index contributed by atoms with van der Waals surface area (Å²) in [6, 6.07) is 7.17. The summed E-state index contributed by atoms with van der Waals surface area (Å²) in [4.78, 5) is 23.8. The Hall–Kier alpha value is -2.28. The molecule has 0 aliphatic carbocycles. The summed E-state index contributed by atoms with van der Waals surface area (Å²) in [5, 5.41) is 1.25. The van der Waals surface area contributed by atoms with E-state index in [1.165, 1.54) is 5.01 Å². The van der Waals surface area contributed by atoms with Crippen LogP contribution < -0.4 is 5.43 Å². The van der Waals surface area contributed by atoms with Gasteiger partial charge in [0.1, 0.15) is 0 Å². The molecule has 100 valence electrons. The Morgan fingerprint density at radius 1 is 1.32 bits per heavy atom. The number of terminal acetylenes is 1. The van der Waals surface area contributed by atoms with E-state index in [4.69, 9.17) is 6.42 Å². The van der Waals surface area contributed by atoms with Crippen LogP contribution in [-0.4, -0.2) is 22.4 Å². The van der Waals surface area contributed by atoms with Crippen LogP contribution in [0.25, 0.3) is 0 Å². The van der Waals surface area contributed by atoms with Crippen LogP contribution in [0.5, 0.6) is 0 Å². The van der Waals surface area contributed by atoms with Crippen LogP contribution >= 0.6 is 0 Å². The van der Waals surface area contributed by atoms with Gasteiger partial charge < -0.3 is 0 Å². The van der Waals surface area contributed by atoms with E-state index in [-0.39, 0.29) is 5.91 Å². The predicted molar refractivity (Wildman–Crippen MR) is 74.1 cm³/mol. The summed E-state index contributed by atoms with van der Waals surface area (Å²) < 4.78 is 0. The van der Waals surface area contributed by atoms with Gasteiger partial charge in [0.2, 0.25) is 0 Å². The lowest BCUT2D eigenvalue weighted by atomic mass is 10.1. The first-order chi connectivity index (χ1) is 8.75. The molecule has 0 aliphatic rings. The van der Waals surface area contributed by atoms with Crippen LogP contribution in [0.3, 0.4) is 0 Å². The van der Waals surface area contributed by atoms with Gasteiger partial charge in [-0.1, -0.05) is 17.7 Å².